The largest absolute Gasteiger partial charge is 0.490 e. The van der Waals surface area contributed by atoms with E-state index >= 15 is 0 Å². The molecule has 2 aromatic rings. The predicted octanol–water partition coefficient (Wildman–Crippen LogP) is 3.10. The Morgan fingerprint density at radius 1 is 1.22 bits per heavy atom. The molecule has 120 valence electrons. The Hall–Kier alpha value is -2.07. The van der Waals surface area contributed by atoms with Gasteiger partial charge in [0.1, 0.15) is 17.9 Å². The zero-order valence-corrected chi connectivity index (χ0v) is 13.3. The number of nitrogens with zero attached hydrogens (tertiary/aromatic N) is 1. The Kier molecular flexibility index (Phi) is 3.69. The van der Waals surface area contributed by atoms with Crippen molar-refractivity contribution in [3.63, 3.8) is 0 Å². The van der Waals surface area contributed by atoms with Gasteiger partial charge in [-0.2, -0.15) is 0 Å². The van der Waals surface area contributed by atoms with Gasteiger partial charge in [-0.1, -0.05) is 30.3 Å². The highest BCUT2D eigenvalue weighted by molar-refractivity contribution is 6.01. The van der Waals surface area contributed by atoms with Crippen molar-refractivity contribution in [1.82, 2.24) is 4.90 Å². The lowest BCUT2D eigenvalue weighted by molar-refractivity contribution is 0.0596. The molecular formula is C19H21NO3. The zero-order valence-electron chi connectivity index (χ0n) is 13.3. The van der Waals surface area contributed by atoms with Crippen LogP contribution in [-0.4, -0.2) is 43.7 Å². The SMILES string of the molecule is COC(=O)c1ccc2ccccc2c1OCC1CN1CC1CC1. The van der Waals surface area contributed by atoms with Crippen molar-refractivity contribution in [3.05, 3.63) is 42.0 Å². The minimum Gasteiger partial charge on any atom is -0.490 e. The molecule has 0 radical (unpaired) electrons. The lowest BCUT2D eigenvalue weighted by atomic mass is 10.1. The molecular weight excluding hydrogens is 290 g/mol. The first kappa shape index (κ1) is 14.5. The second-order valence-corrected chi connectivity index (χ2v) is 6.52. The molecule has 0 spiro atoms. The quantitative estimate of drug-likeness (QED) is 0.607. The van der Waals surface area contributed by atoms with Crippen LogP contribution in [0.3, 0.4) is 0 Å². The summed E-state index contributed by atoms with van der Waals surface area (Å²) in [4.78, 5) is 14.5. The molecule has 2 fully saturated rings. The molecule has 0 bridgehead atoms. The van der Waals surface area contributed by atoms with Crippen LogP contribution in [0.5, 0.6) is 5.75 Å². The first-order chi connectivity index (χ1) is 11.3. The van der Waals surface area contributed by atoms with Gasteiger partial charge in [0.15, 0.2) is 0 Å². The summed E-state index contributed by atoms with van der Waals surface area (Å²) >= 11 is 0. The number of hydrogen-bond acceptors (Lipinski definition) is 4. The van der Waals surface area contributed by atoms with E-state index in [4.69, 9.17) is 9.47 Å². The van der Waals surface area contributed by atoms with Crippen LogP contribution in [0.25, 0.3) is 10.8 Å². The summed E-state index contributed by atoms with van der Waals surface area (Å²) in [6, 6.07) is 12.2. The van der Waals surface area contributed by atoms with E-state index in [1.54, 1.807) is 6.07 Å². The molecule has 23 heavy (non-hydrogen) atoms. The van der Waals surface area contributed by atoms with E-state index < -0.39 is 0 Å². The van der Waals surface area contributed by atoms with E-state index in [0.717, 1.165) is 23.2 Å². The fraction of sp³-hybridized carbons (Fsp3) is 0.421. The maximum absolute atomic E-state index is 12.0. The van der Waals surface area contributed by atoms with E-state index in [0.29, 0.717) is 24.0 Å². The van der Waals surface area contributed by atoms with Gasteiger partial charge in [-0.05, 0) is 30.2 Å². The third kappa shape index (κ3) is 3.04. The Labute approximate surface area is 136 Å². The van der Waals surface area contributed by atoms with Crippen LogP contribution in [0.15, 0.2) is 36.4 Å². The molecule has 0 amide bonds. The Balaban J connectivity index is 1.55. The summed E-state index contributed by atoms with van der Waals surface area (Å²) in [7, 11) is 1.40. The molecule has 4 rings (SSSR count). The number of hydrogen-bond donors (Lipinski definition) is 0. The van der Waals surface area contributed by atoms with Gasteiger partial charge in [0.05, 0.1) is 13.2 Å². The molecule has 2 atom stereocenters. The number of benzene rings is 2. The Bertz CT molecular complexity index is 738. The molecule has 1 aliphatic heterocycles. The summed E-state index contributed by atoms with van der Waals surface area (Å²) in [5.41, 5.74) is 0.501. The lowest BCUT2D eigenvalue weighted by Crippen LogP contribution is -2.14. The normalized spacial score (nSPS) is 22.8. The van der Waals surface area contributed by atoms with E-state index in [2.05, 4.69) is 4.90 Å². The summed E-state index contributed by atoms with van der Waals surface area (Å²) in [6.45, 7) is 2.94. The van der Waals surface area contributed by atoms with Crippen LogP contribution in [0.4, 0.5) is 0 Å². The van der Waals surface area contributed by atoms with Crippen LogP contribution >= 0.6 is 0 Å². The minimum absolute atomic E-state index is 0.351. The van der Waals surface area contributed by atoms with E-state index in [9.17, 15) is 4.79 Å². The minimum atomic E-state index is -0.351. The zero-order chi connectivity index (χ0) is 15.8. The number of fused-ring (bicyclic) bond motifs is 1. The van der Waals surface area contributed by atoms with Gasteiger partial charge < -0.3 is 9.47 Å². The smallest absolute Gasteiger partial charge is 0.341 e. The molecule has 1 aliphatic carbocycles. The van der Waals surface area contributed by atoms with Crippen LogP contribution in [0.2, 0.25) is 0 Å². The fourth-order valence-electron chi connectivity index (χ4n) is 3.09. The maximum atomic E-state index is 12.0. The second kappa shape index (κ2) is 5.85. The molecule has 0 aromatic heterocycles. The summed E-state index contributed by atoms with van der Waals surface area (Å²) < 4.78 is 11.0. The number of ether oxygens (including phenoxy) is 2. The topological polar surface area (TPSA) is 38.5 Å². The van der Waals surface area contributed by atoms with Crippen LogP contribution in [-0.2, 0) is 4.74 Å². The Morgan fingerprint density at radius 2 is 2.04 bits per heavy atom. The van der Waals surface area contributed by atoms with Crippen molar-refractivity contribution in [1.29, 1.82) is 0 Å². The third-order valence-corrected chi connectivity index (χ3v) is 4.72. The number of esters is 1. The third-order valence-electron chi connectivity index (χ3n) is 4.72. The highest BCUT2D eigenvalue weighted by Gasteiger charge is 2.38. The number of methoxy groups -OCH3 is 1. The molecule has 1 saturated heterocycles. The van der Waals surface area contributed by atoms with Gasteiger partial charge in [0, 0.05) is 18.5 Å². The number of carbonyl (C=O) groups excluding carboxylic acids is 1. The standard InChI is InChI=1S/C19H21NO3/c1-22-19(21)17-9-8-14-4-2-3-5-16(14)18(17)23-12-15-11-20(15)10-13-6-7-13/h2-5,8-9,13,15H,6-7,10-12H2,1H3. The number of carbonyl (C=O) groups is 1. The monoisotopic (exact) mass is 311 g/mol. The van der Waals surface area contributed by atoms with Gasteiger partial charge in [-0.3, -0.25) is 4.90 Å². The van der Waals surface area contributed by atoms with Crippen molar-refractivity contribution >= 4 is 16.7 Å². The van der Waals surface area contributed by atoms with Gasteiger partial charge in [0.25, 0.3) is 0 Å². The van der Waals surface area contributed by atoms with Gasteiger partial charge in [-0.15, -0.1) is 0 Å². The summed E-state index contributed by atoms with van der Waals surface area (Å²) in [6.07, 6.45) is 2.75. The summed E-state index contributed by atoms with van der Waals surface area (Å²) in [5, 5.41) is 2.03. The highest BCUT2D eigenvalue weighted by Crippen LogP contribution is 2.35. The molecule has 4 heteroatoms. The molecule has 2 aromatic carbocycles. The van der Waals surface area contributed by atoms with E-state index in [1.165, 1.54) is 26.5 Å². The highest BCUT2D eigenvalue weighted by atomic mass is 16.5. The maximum Gasteiger partial charge on any atom is 0.341 e. The fourth-order valence-corrected chi connectivity index (χ4v) is 3.09. The molecule has 2 unspecified atom stereocenters. The average molecular weight is 311 g/mol. The average Bonchev–Trinajstić information content (AvgIpc) is 3.51. The van der Waals surface area contributed by atoms with Crippen LogP contribution < -0.4 is 4.74 Å². The molecule has 1 saturated carbocycles. The van der Waals surface area contributed by atoms with E-state index in [-0.39, 0.29) is 5.97 Å². The Morgan fingerprint density at radius 3 is 2.83 bits per heavy atom. The lowest BCUT2D eigenvalue weighted by Gasteiger charge is -2.13. The van der Waals surface area contributed by atoms with Crippen molar-refractivity contribution in [3.8, 4) is 5.75 Å². The van der Waals surface area contributed by atoms with Crippen molar-refractivity contribution in [2.45, 2.75) is 18.9 Å². The van der Waals surface area contributed by atoms with Crippen LogP contribution in [0, 0.1) is 5.92 Å². The van der Waals surface area contributed by atoms with Crippen molar-refractivity contribution in [2.24, 2.45) is 5.92 Å². The van der Waals surface area contributed by atoms with E-state index in [1.807, 2.05) is 30.3 Å². The second-order valence-electron chi connectivity index (χ2n) is 6.52. The predicted molar refractivity (Wildman–Crippen MR) is 88.9 cm³/mol. The first-order valence-corrected chi connectivity index (χ1v) is 8.23. The van der Waals surface area contributed by atoms with Crippen molar-refractivity contribution < 1.29 is 14.3 Å². The molecule has 4 nitrogen and oxygen atoms in total. The molecule has 0 N–H and O–H groups in total. The van der Waals surface area contributed by atoms with Gasteiger partial charge >= 0.3 is 5.97 Å². The van der Waals surface area contributed by atoms with Crippen LogP contribution in [0.1, 0.15) is 23.2 Å². The first-order valence-electron chi connectivity index (χ1n) is 8.23. The molecule has 2 aliphatic rings. The number of rotatable bonds is 6. The van der Waals surface area contributed by atoms with Gasteiger partial charge in [0.2, 0.25) is 0 Å². The van der Waals surface area contributed by atoms with Gasteiger partial charge in [-0.25, -0.2) is 4.79 Å². The summed E-state index contributed by atoms with van der Waals surface area (Å²) in [5.74, 6) is 1.20. The van der Waals surface area contributed by atoms with Crippen molar-refractivity contribution in [2.75, 3.05) is 26.8 Å². The molecule has 1 heterocycles.